The predicted molar refractivity (Wildman–Crippen MR) is 90.8 cm³/mol. The zero-order chi connectivity index (χ0) is 16.8. The van der Waals surface area contributed by atoms with E-state index in [1.54, 1.807) is 25.2 Å². The lowest BCUT2D eigenvalue weighted by Gasteiger charge is -2.19. The molecule has 0 spiro atoms. The highest BCUT2D eigenvalue weighted by Crippen LogP contribution is 2.27. The Labute approximate surface area is 141 Å². The summed E-state index contributed by atoms with van der Waals surface area (Å²) < 4.78 is 5.18. The number of halogens is 1. The fourth-order valence-corrected chi connectivity index (χ4v) is 2.69. The zero-order valence-corrected chi connectivity index (χ0v) is 14.1. The molecule has 0 aromatic heterocycles. The third-order valence-electron chi connectivity index (χ3n) is 3.79. The monoisotopic (exact) mass is 336 g/mol. The standard InChI is InChI=1S/C17H21ClN2O3/c1-20(17(22)9-12-5-3-4-6-12)11-16(21)19-14-10-13(18)7-8-15(14)23-2/h3,5,7-8,10,12H,4,6,9,11H2,1-2H3,(H,19,21). The van der Waals surface area contributed by atoms with E-state index in [4.69, 9.17) is 16.3 Å². The van der Waals surface area contributed by atoms with Crippen LogP contribution in [-0.2, 0) is 9.59 Å². The van der Waals surface area contributed by atoms with Crippen LogP contribution in [0.3, 0.4) is 0 Å². The molecule has 1 unspecified atom stereocenters. The topological polar surface area (TPSA) is 58.6 Å². The van der Waals surface area contributed by atoms with Gasteiger partial charge in [-0.1, -0.05) is 23.8 Å². The number of nitrogens with one attached hydrogen (secondary N) is 1. The van der Waals surface area contributed by atoms with Crippen molar-refractivity contribution in [3.05, 3.63) is 35.4 Å². The van der Waals surface area contributed by atoms with E-state index >= 15 is 0 Å². The molecule has 0 heterocycles. The second-order valence-electron chi connectivity index (χ2n) is 5.61. The van der Waals surface area contributed by atoms with Crippen molar-refractivity contribution in [1.29, 1.82) is 0 Å². The number of ether oxygens (including phenoxy) is 1. The first-order valence-electron chi connectivity index (χ1n) is 7.53. The van der Waals surface area contributed by atoms with E-state index in [9.17, 15) is 9.59 Å². The average Bonchev–Trinajstić information content (AvgIpc) is 3.00. The van der Waals surface area contributed by atoms with Crippen molar-refractivity contribution in [1.82, 2.24) is 4.90 Å². The number of nitrogens with zero attached hydrogens (tertiary/aromatic N) is 1. The third-order valence-corrected chi connectivity index (χ3v) is 4.03. The van der Waals surface area contributed by atoms with Gasteiger partial charge in [0.15, 0.2) is 0 Å². The molecule has 0 saturated heterocycles. The minimum atomic E-state index is -0.289. The number of methoxy groups -OCH3 is 1. The minimum Gasteiger partial charge on any atom is -0.495 e. The van der Waals surface area contributed by atoms with Gasteiger partial charge < -0.3 is 15.0 Å². The number of likely N-dealkylation sites (N-methyl/N-ethyl adjacent to an activating group) is 1. The lowest BCUT2D eigenvalue weighted by atomic mass is 10.0. The van der Waals surface area contributed by atoms with E-state index in [1.165, 1.54) is 12.0 Å². The Hall–Kier alpha value is -2.01. The van der Waals surface area contributed by atoms with Crippen LogP contribution < -0.4 is 10.1 Å². The fourth-order valence-electron chi connectivity index (χ4n) is 2.52. The van der Waals surface area contributed by atoms with Gasteiger partial charge in [-0.05, 0) is 37.0 Å². The zero-order valence-electron chi connectivity index (χ0n) is 13.3. The SMILES string of the molecule is COc1ccc(Cl)cc1NC(=O)CN(C)C(=O)CC1C=CCC1. The predicted octanol–water partition coefficient (Wildman–Crippen LogP) is 3.10. The van der Waals surface area contributed by atoms with Gasteiger partial charge in [-0.3, -0.25) is 9.59 Å². The molecule has 1 aromatic carbocycles. The van der Waals surface area contributed by atoms with Gasteiger partial charge in [0.25, 0.3) is 0 Å². The summed E-state index contributed by atoms with van der Waals surface area (Å²) in [5.74, 6) is 0.493. The van der Waals surface area contributed by atoms with E-state index < -0.39 is 0 Å². The molecule has 0 bridgehead atoms. The van der Waals surface area contributed by atoms with Gasteiger partial charge in [-0.15, -0.1) is 0 Å². The molecule has 124 valence electrons. The van der Waals surface area contributed by atoms with E-state index in [2.05, 4.69) is 17.5 Å². The Morgan fingerprint density at radius 2 is 2.22 bits per heavy atom. The van der Waals surface area contributed by atoms with Crippen LogP contribution in [0.25, 0.3) is 0 Å². The van der Waals surface area contributed by atoms with Crippen molar-refractivity contribution < 1.29 is 14.3 Å². The molecular weight excluding hydrogens is 316 g/mol. The largest absolute Gasteiger partial charge is 0.495 e. The first kappa shape index (κ1) is 17.3. The van der Waals surface area contributed by atoms with E-state index in [0.717, 1.165) is 12.8 Å². The van der Waals surface area contributed by atoms with Gasteiger partial charge >= 0.3 is 0 Å². The molecule has 6 heteroatoms. The highest BCUT2D eigenvalue weighted by molar-refractivity contribution is 6.31. The Morgan fingerprint density at radius 1 is 1.43 bits per heavy atom. The number of rotatable bonds is 6. The molecule has 23 heavy (non-hydrogen) atoms. The molecule has 1 aliphatic rings. The Balaban J connectivity index is 1.89. The lowest BCUT2D eigenvalue weighted by Crippen LogP contribution is -2.35. The van der Waals surface area contributed by atoms with Gasteiger partial charge in [-0.25, -0.2) is 0 Å². The molecule has 1 atom stereocenters. The Bertz CT molecular complexity index is 616. The summed E-state index contributed by atoms with van der Waals surface area (Å²) in [5, 5.41) is 3.22. The normalized spacial score (nSPS) is 16.2. The van der Waals surface area contributed by atoms with Crippen LogP contribution in [0.4, 0.5) is 5.69 Å². The molecular formula is C17H21ClN2O3. The van der Waals surface area contributed by atoms with E-state index in [0.29, 0.717) is 28.8 Å². The van der Waals surface area contributed by atoms with Gasteiger partial charge in [0.1, 0.15) is 5.75 Å². The number of anilines is 1. The number of carbonyl (C=O) groups excluding carboxylic acids is 2. The summed E-state index contributed by atoms with van der Waals surface area (Å²) in [5.41, 5.74) is 0.490. The summed E-state index contributed by atoms with van der Waals surface area (Å²) in [6.07, 6.45) is 6.64. The van der Waals surface area contributed by atoms with Crippen molar-refractivity contribution in [3.8, 4) is 5.75 Å². The molecule has 5 nitrogen and oxygen atoms in total. The van der Waals surface area contributed by atoms with Crippen molar-refractivity contribution in [2.75, 3.05) is 26.0 Å². The maximum atomic E-state index is 12.1. The Kier molecular flexibility index (Phi) is 6.04. The maximum absolute atomic E-state index is 12.1. The summed E-state index contributed by atoms with van der Waals surface area (Å²) >= 11 is 5.93. The van der Waals surface area contributed by atoms with Crippen molar-refractivity contribution in [2.45, 2.75) is 19.3 Å². The van der Waals surface area contributed by atoms with E-state index in [-0.39, 0.29) is 18.4 Å². The maximum Gasteiger partial charge on any atom is 0.244 e. The van der Waals surface area contributed by atoms with Crippen LogP contribution >= 0.6 is 11.6 Å². The highest BCUT2D eigenvalue weighted by atomic mass is 35.5. The van der Waals surface area contributed by atoms with Crippen LogP contribution in [0.5, 0.6) is 5.75 Å². The van der Waals surface area contributed by atoms with Crippen LogP contribution in [0.2, 0.25) is 5.02 Å². The second-order valence-corrected chi connectivity index (χ2v) is 6.05. The van der Waals surface area contributed by atoms with E-state index in [1.807, 2.05) is 0 Å². The quantitative estimate of drug-likeness (QED) is 0.812. The summed E-state index contributed by atoms with van der Waals surface area (Å²) in [7, 11) is 3.15. The number of hydrogen-bond acceptors (Lipinski definition) is 3. The van der Waals surface area contributed by atoms with Crippen LogP contribution in [0.1, 0.15) is 19.3 Å². The molecule has 0 aliphatic heterocycles. The number of allylic oxidation sites excluding steroid dienone is 2. The first-order chi connectivity index (χ1) is 11.0. The third kappa shape index (κ3) is 4.99. The number of amides is 2. The summed E-state index contributed by atoms with van der Waals surface area (Å²) in [6, 6.07) is 4.98. The van der Waals surface area contributed by atoms with Crippen molar-refractivity contribution in [2.24, 2.45) is 5.92 Å². The number of carbonyl (C=O) groups is 2. The summed E-state index contributed by atoms with van der Waals surface area (Å²) in [4.78, 5) is 25.7. The molecule has 2 rings (SSSR count). The number of hydrogen-bond donors (Lipinski definition) is 1. The van der Waals surface area contributed by atoms with Crippen LogP contribution in [0, 0.1) is 5.92 Å². The van der Waals surface area contributed by atoms with Gasteiger partial charge in [0, 0.05) is 18.5 Å². The van der Waals surface area contributed by atoms with Gasteiger partial charge in [0.2, 0.25) is 11.8 Å². The highest BCUT2D eigenvalue weighted by Gasteiger charge is 2.19. The molecule has 2 amide bonds. The fraction of sp³-hybridized carbons (Fsp3) is 0.412. The number of benzene rings is 1. The van der Waals surface area contributed by atoms with Crippen LogP contribution in [-0.4, -0.2) is 37.4 Å². The smallest absolute Gasteiger partial charge is 0.244 e. The molecule has 0 saturated carbocycles. The van der Waals surface area contributed by atoms with Crippen LogP contribution in [0.15, 0.2) is 30.4 Å². The molecule has 1 N–H and O–H groups in total. The first-order valence-corrected chi connectivity index (χ1v) is 7.91. The average molecular weight is 337 g/mol. The molecule has 0 radical (unpaired) electrons. The minimum absolute atomic E-state index is 0.00899. The van der Waals surface area contributed by atoms with Crippen molar-refractivity contribution >= 4 is 29.1 Å². The molecule has 1 aromatic rings. The Morgan fingerprint density at radius 3 is 2.87 bits per heavy atom. The lowest BCUT2D eigenvalue weighted by molar-refractivity contribution is -0.133. The van der Waals surface area contributed by atoms with Crippen molar-refractivity contribution in [3.63, 3.8) is 0 Å². The van der Waals surface area contributed by atoms with Gasteiger partial charge in [0.05, 0.1) is 19.3 Å². The molecule has 1 aliphatic carbocycles. The van der Waals surface area contributed by atoms with Gasteiger partial charge in [-0.2, -0.15) is 0 Å². The molecule has 0 fully saturated rings. The summed E-state index contributed by atoms with van der Waals surface area (Å²) in [6.45, 7) is -0.00899. The second kappa shape index (κ2) is 8.02.